The van der Waals surface area contributed by atoms with Crippen molar-refractivity contribution in [3.8, 4) is 0 Å². The summed E-state index contributed by atoms with van der Waals surface area (Å²) in [5.41, 5.74) is 2.05. The number of hydrogen-bond donors (Lipinski definition) is 0. The predicted octanol–water partition coefficient (Wildman–Crippen LogP) is 3.47. The molecule has 0 aliphatic heterocycles. The maximum absolute atomic E-state index is 4.43. The van der Waals surface area contributed by atoms with Crippen molar-refractivity contribution in [1.29, 1.82) is 0 Å². The van der Waals surface area contributed by atoms with Gasteiger partial charge in [-0.3, -0.25) is 0 Å². The van der Waals surface area contributed by atoms with Crippen LogP contribution in [0.15, 0.2) is 24.6 Å². The molecule has 64 valence electrons. The lowest BCUT2D eigenvalue weighted by Crippen LogP contribution is -1.87. The third-order valence-electron chi connectivity index (χ3n) is 1.63. The highest BCUT2D eigenvalue weighted by Gasteiger charge is 2.05. The fourth-order valence-corrected chi connectivity index (χ4v) is 1.74. The zero-order valence-electron chi connectivity index (χ0n) is 7.50. The first-order valence-corrected chi connectivity index (χ1v) is 4.80. The zero-order valence-corrected chi connectivity index (χ0v) is 8.32. The third kappa shape index (κ3) is 1.83. The molecule has 1 heterocycles. The van der Waals surface area contributed by atoms with E-state index in [-0.39, 0.29) is 0 Å². The molecule has 0 aliphatic rings. The predicted molar refractivity (Wildman–Crippen MR) is 55.4 cm³/mol. The summed E-state index contributed by atoms with van der Waals surface area (Å²) in [5.74, 6) is 0.493. The molecule has 0 unspecified atom stereocenters. The quantitative estimate of drug-likeness (QED) is 0.647. The molecule has 0 spiro atoms. The van der Waals surface area contributed by atoms with Crippen LogP contribution in [0, 0.1) is 0 Å². The van der Waals surface area contributed by atoms with Gasteiger partial charge in [0.15, 0.2) is 0 Å². The lowest BCUT2D eigenvalue weighted by atomic mass is 10.2. The van der Waals surface area contributed by atoms with E-state index in [9.17, 15) is 0 Å². The third-order valence-corrected chi connectivity index (χ3v) is 2.57. The van der Waals surface area contributed by atoms with Gasteiger partial charge in [-0.2, -0.15) is 0 Å². The van der Waals surface area contributed by atoms with E-state index in [0.717, 1.165) is 16.3 Å². The van der Waals surface area contributed by atoms with Crippen LogP contribution in [0.3, 0.4) is 0 Å². The highest BCUT2D eigenvalue weighted by Crippen LogP contribution is 2.22. The maximum atomic E-state index is 4.43. The second kappa shape index (κ2) is 3.68. The highest BCUT2D eigenvalue weighted by molar-refractivity contribution is 7.10. The Labute approximate surface area is 77.5 Å². The molecule has 0 aliphatic carbocycles. The highest BCUT2D eigenvalue weighted by atomic mass is 32.1. The van der Waals surface area contributed by atoms with Crippen LogP contribution in [0.4, 0.5) is 0 Å². The van der Waals surface area contributed by atoms with E-state index in [4.69, 9.17) is 0 Å². The standard InChI is InChI=1S/C10H13NS/c1-5-8(4)10-11-9(6-12-10)7(2)3/h5-7H,1,4H2,2-3H3. The molecule has 0 atom stereocenters. The summed E-state index contributed by atoms with van der Waals surface area (Å²) >= 11 is 1.63. The number of allylic oxidation sites excluding steroid dienone is 2. The Morgan fingerprint density at radius 2 is 2.33 bits per heavy atom. The topological polar surface area (TPSA) is 12.9 Å². The van der Waals surface area contributed by atoms with E-state index in [0.29, 0.717) is 5.92 Å². The number of rotatable bonds is 3. The molecule has 0 saturated heterocycles. The van der Waals surface area contributed by atoms with E-state index in [1.165, 1.54) is 0 Å². The molecule has 0 fully saturated rings. The first kappa shape index (κ1) is 9.20. The Morgan fingerprint density at radius 1 is 1.67 bits per heavy atom. The average Bonchev–Trinajstić information content (AvgIpc) is 2.51. The van der Waals surface area contributed by atoms with E-state index < -0.39 is 0 Å². The van der Waals surface area contributed by atoms with Gasteiger partial charge in [0.05, 0.1) is 5.69 Å². The van der Waals surface area contributed by atoms with Gasteiger partial charge in [-0.1, -0.05) is 33.1 Å². The van der Waals surface area contributed by atoms with Crippen LogP contribution in [-0.4, -0.2) is 4.98 Å². The number of thiazole rings is 1. The van der Waals surface area contributed by atoms with Gasteiger partial charge in [0.1, 0.15) is 5.01 Å². The van der Waals surface area contributed by atoms with Crippen molar-refractivity contribution in [3.63, 3.8) is 0 Å². The molecule has 2 heteroatoms. The van der Waals surface area contributed by atoms with Crippen LogP contribution < -0.4 is 0 Å². The van der Waals surface area contributed by atoms with Gasteiger partial charge in [-0.05, 0) is 5.92 Å². The van der Waals surface area contributed by atoms with Crippen LogP contribution in [0.2, 0.25) is 0 Å². The average molecular weight is 179 g/mol. The van der Waals surface area contributed by atoms with E-state index in [1.807, 2.05) is 0 Å². The first-order valence-electron chi connectivity index (χ1n) is 3.92. The summed E-state index contributed by atoms with van der Waals surface area (Å²) < 4.78 is 0. The second-order valence-corrected chi connectivity index (χ2v) is 3.82. The van der Waals surface area contributed by atoms with Gasteiger partial charge in [0.2, 0.25) is 0 Å². The molecule has 1 rings (SSSR count). The van der Waals surface area contributed by atoms with Crippen molar-refractivity contribution in [2.75, 3.05) is 0 Å². The maximum Gasteiger partial charge on any atom is 0.122 e. The van der Waals surface area contributed by atoms with Gasteiger partial charge >= 0.3 is 0 Å². The van der Waals surface area contributed by atoms with Crippen LogP contribution in [0.25, 0.3) is 5.57 Å². The molecule has 12 heavy (non-hydrogen) atoms. The summed E-state index contributed by atoms with van der Waals surface area (Å²) in [6, 6.07) is 0. The minimum Gasteiger partial charge on any atom is -0.241 e. The minimum atomic E-state index is 0.493. The molecule has 0 radical (unpaired) electrons. The summed E-state index contributed by atoms with van der Waals surface area (Å²) in [6.45, 7) is 11.8. The Bertz CT molecular complexity index is 297. The van der Waals surface area contributed by atoms with Crippen molar-refractivity contribution in [2.45, 2.75) is 19.8 Å². The summed E-state index contributed by atoms with van der Waals surface area (Å²) in [7, 11) is 0. The van der Waals surface area contributed by atoms with Gasteiger partial charge in [-0.15, -0.1) is 11.3 Å². The Morgan fingerprint density at radius 3 is 2.75 bits per heavy atom. The molecule has 0 saturated carbocycles. The van der Waals surface area contributed by atoms with Gasteiger partial charge < -0.3 is 0 Å². The van der Waals surface area contributed by atoms with Crippen molar-refractivity contribution in [3.05, 3.63) is 35.3 Å². The fraction of sp³-hybridized carbons (Fsp3) is 0.300. The molecule has 0 aromatic carbocycles. The van der Waals surface area contributed by atoms with Crippen LogP contribution >= 0.6 is 11.3 Å². The molecule has 0 amide bonds. The Kier molecular flexibility index (Phi) is 2.82. The van der Waals surface area contributed by atoms with Gasteiger partial charge in [-0.25, -0.2) is 4.98 Å². The molecular formula is C10H13NS. The molecule has 1 aromatic rings. The van der Waals surface area contributed by atoms with Crippen molar-refractivity contribution in [1.82, 2.24) is 4.98 Å². The molecule has 0 bridgehead atoms. The Hall–Kier alpha value is -0.890. The van der Waals surface area contributed by atoms with Crippen LogP contribution in [-0.2, 0) is 0 Å². The molecule has 0 N–H and O–H groups in total. The van der Waals surface area contributed by atoms with Gasteiger partial charge in [0.25, 0.3) is 0 Å². The molecule has 1 aromatic heterocycles. The molecular weight excluding hydrogens is 166 g/mol. The number of nitrogens with zero attached hydrogens (tertiary/aromatic N) is 1. The first-order chi connectivity index (χ1) is 5.65. The van der Waals surface area contributed by atoms with Crippen molar-refractivity contribution < 1.29 is 0 Å². The largest absolute Gasteiger partial charge is 0.241 e. The van der Waals surface area contributed by atoms with E-state index in [2.05, 4.69) is 37.4 Å². The zero-order chi connectivity index (χ0) is 9.14. The minimum absolute atomic E-state index is 0.493. The van der Waals surface area contributed by atoms with Gasteiger partial charge in [0, 0.05) is 11.0 Å². The fourth-order valence-electron chi connectivity index (χ4n) is 0.786. The van der Waals surface area contributed by atoms with Crippen LogP contribution in [0.1, 0.15) is 30.5 Å². The van der Waals surface area contributed by atoms with E-state index >= 15 is 0 Å². The lowest BCUT2D eigenvalue weighted by molar-refractivity contribution is 0.831. The van der Waals surface area contributed by atoms with Crippen molar-refractivity contribution in [2.24, 2.45) is 0 Å². The smallest absolute Gasteiger partial charge is 0.122 e. The molecule has 1 nitrogen and oxygen atoms in total. The van der Waals surface area contributed by atoms with Crippen molar-refractivity contribution >= 4 is 16.9 Å². The summed E-state index contributed by atoms with van der Waals surface area (Å²) in [4.78, 5) is 4.43. The van der Waals surface area contributed by atoms with E-state index in [1.54, 1.807) is 17.4 Å². The SMILES string of the molecule is C=CC(=C)c1nc(C(C)C)cs1. The normalized spacial score (nSPS) is 10.2. The number of hydrogen-bond acceptors (Lipinski definition) is 2. The van der Waals surface area contributed by atoms with Crippen LogP contribution in [0.5, 0.6) is 0 Å². The lowest BCUT2D eigenvalue weighted by Gasteiger charge is -1.96. The second-order valence-electron chi connectivity index (χ2n) is 2.96. The summed E-state index contributed by atoms with van der Waals surface area (Å²) in [5, 5.41) is 3.06. The monoisotopic (exact) mass is 179 g/mol. The number of aromatic nitrogens is 1. The Balaban J connectivity index is 2.91. The summed E-state index contributed by atoms with van der Waals surface area (Å²) in [6.07, 6.45) is 1.74.